The molecule has 1 aliphatic rings. The first-order valence-electron chi connectivity index (χ1n) is 8.84. The number of aliphatic hydroxyl groups is 1. The summed E-state index contributed by atoms with van der Waals surface area (Å²) < 4.78 is 16.8. The van der Waals surface area contributed by atoms with Crippen LogP contribution >= 0.6 is 0 Å². The van der Waals surface area contributed by atoms with Gasteiger partial charge < -0.3 is 19.0 Å². The summed E-state index contributed by atoms with van der Waals surface area (Å²) in [4.78, 5) is 6.49. The van der Waals surface area contributed by atoms with Gasteiger partial charge in [0, 0.05) is 29.8 Å². The molecule has 1 atom stereocenters. The third kappa shape index (κ3) is 3.41. The number of oxazole rings is 1. The SMILES string of the molecule is COc1ccc(OC)c2c1CN(Cc1ncc(-c3ccccc3)o1)C[C@@H]2O. The van der Waals surface area contributed by atoms with Crippen molar-refractivity contribution < 1.29 is 19.0 Å². The van der Waals surface area contributed by atoms with Crippen molar-refractivity contribution in [1.29, 1.82) is 0 Å². The maximum absolute atomic E-state index is 10.7. The smallest absolute Gasteiger partial charge is 0.209 e. The third-order valence-corrected chi connectivity index (χ3v) is 4.83. The molecule has 6 nitrogen and oxygen atoms in total. The second kappa shape index (κ2) is 7.42. The number of fused-ring (bicyclic) bond motifs is 1. The van der Waals surface area contributed by atoms with E-state index in [1.165, 1.54) is 0 Å². The summed E-state index contributed by atoms with van der Waals surface area (Å²) in [7, 11) is 3.24. The molecule has 0 amide bonds. The summed E-state index contributed by atoms with van der Waals surface area (Å²) in [5, 5.41) is 10.7. The van der Waals surface area contributed by atoms with Crippen LogP contribution in [0.3, 0.4) is 0 Å². The van der Waals surface area contributed by atoms with Crippen molar-refractivity contribution in [1.82, 2.24) is 9.88 Å². The minimum Gasteiger partial charge on any atom is -0.496 e. The zero-order valence-corrected chi connectivity index (χ0v) is 15.4. The maximum Gasteiger partial charge on any atom is 0.209 e. The number of aromatic nitrogens is 1. The first kappa shape index (κ1) is 17.6. The summed E-state index contributed by atoms with van der Waals surface area (Å²) in [5.41, 5.74) is 2.72. The van der Waals surface area contributed by atoms with E-state index in [0.717, 1.165) is 28.2 Å². The van der Waals surface area contributed by atoms with E-state index in [0.29, 0.717) is 31.3 Å². The number of aliphatic hydroxyl groups excluding tert-OH is 1. The van der Waals surface area contributed by atoms with Crippen molar-refractivity contribution in [3.8, 4) is 22.8 Å². The molecule has 0 unspecified atom stereocenters. The normalized spacial score (nSPS) is 16.8. The Bertz CT molecular complexity index is 923. The van der Waals surface area contributed by atoms with Crippen molar-refractivity contribution in [2.24, 2.45) is 0 Å². The molecule has 0 spiro atoms. The molecular weight excluding hydrogens is 344 g/mol. The summed E-state index contributed by atoms with van der Waals surface area (Å²) in [6.07, 6.45) is 1.07. The van der Waals surface area contributed by atoms with Gasteiger partial charge in [0.2, 0.25) is 5.89 Å². The molecule has 27 heavy (non-hydrogen) atoms. The van der Waals surface area contributed by atoms with Gasteiger partial charge in [-0.2, -0.15) is 0 Å². The number of benzene rings is 2. The van der Waals surface area contributed by atoms with Crippen molar-refractivity contribution in [2.75, 3.05) is 20.8 Å². The predicted molar refractivity (Wildman–Crippen MR) is 101 cm³/mol. The lowest BCUT2D eigenvalue weighted by Crippen LogP contribution is -2.33. The predicted octanol–water partition coefficient (Wildman–Crippen LogP) is 3.41. The fourth-order valence-corrected chi connectivity index (χ4v) is 3.58. The number of β-amino-alcohol motifs (C(OH)–C–C–N with tert-alkyl or cyclic N) is 1. The van der Waals surface area contributed by atoms with E-state index < -0.39 is 6.10 Å². The summed E-state index contributed by atoms with van der Waals surface area (Å²) in [6, 6.07) is 13.6. The minimum atomic E-state index is -0.664. The van der Waals surface area contributed by atoms with E-state index >= 15 is 0 Å². The Morgan fingerprint density at radius 1 is 1.11 bits per heavy atom. The highest BCUT2D eigenvalue weighted by Crippen LogP contribution is 2.39. The minimum absolute atomic E-state index is 0.472. The lowest BCUT2D eigenvalue weighted by Gasteiger charge is -2.33. The summed E-state index contributed by atoms with van der Waals surface area (Å²) in [6.45, 7) is 1.60. The molecule has 1 aromatic heterocycles. The summed E-state index contributed by atoms with van der Waals surface area (Å²) in [5.74, 6) is 2.78. The maximum atomic E-state index is 10.7. The first-order valence-corrected chi connectivity index (χ1v) is 8.84. The van der Waals surface area contributed by atoms with Crippen molar-refractivity contribution in [3.05, 3.63) is 65.7 Å². The Morgan fingerprint density at radius 3 is 2.59 bits per heavy atom. The first-order chi connectivity index (χ1) is 13.2. The molecule has 1 N–H and O–H groups in total. The molecule has 2 heterocycles. The van der Waals surface area contributed by atoms with Crippen LogP contribution in [-0.2, 0) is 13.1 Å². The second-order valence-electron chi connectivity index (χ2n) is 6.53. The fraction of sp³-hybridized carbons (Fsp3) is 0.286. The highest BCUT2D eigenvalue weighted by Gasteiger charge is 2.30. The van der Waals surface area contributed by atoms with E-state index in [-0.39, 0.29) is 0 Å². The topological polar surface area (TPSA) is 68.0 Å². The van der Waals surface area contributed by atoms with Crippen molar-refractivity contribution in [2.45, 2.75) is 19.2 Å². The average molecular weight is 366 g/mol. The Balaban J connectivity index is 1.57. The van der Waals surface area contributed by atoms with Crippen LogP contribution in [0.5, 0.6) is 11.5 Å². The van der Waals surface area contributed by atoms with Gasteiger partial charge in [0.15, 0.2) is 5.76 Å². The van der Waals surface area contributed by atoms with Gasteiger partial charge >= 0.3 is 0 Å². The van der Waals surface area contributed by atoms with Gasteiger partial charge in [-0.3, -0.25) is 4.90 Å². The number of nitrogens with zero attached hydrogens (tertiary/aromatic N) is 2. The van der Waals surface area contributed by atoms with E-state index in [4.69, 9.17) is 13.9 Å². The van der Waals surface area contributed by atoms with Crippen molar-refractivity contribution >= 4 is 0 Å². The number of hydrogen-bond donors (Lipinski definition) is 1. The van der Waals surface area contributed by atoms with Gasteiger partial charge in [-0.1, -0.05) is 30.3 Å². The van der Waals surface area contributed by atoms with Crippen LogP contribution in [0.1, 0.15) is 23.1 Å². The van der Waals surface area contributed by atoms with Crippen LogP contribution in [-0.4, -0.2) is 35.8 Å². The van der Waals surface area contributed by atoms with E-state index in [2.05, 4.69) is 9.88 Å². The second-order valence-corrected chi connectivity index (χ2v) is 6.53. The number of hydrogen-bond acceptors (Lipinski definition) is 6. The quantitative estimate of drug-likeness (QED) is 0.746. The fourth-order valence-electron chi connectivity index (χ4n) is 3.58. The highest BCUT2D eigenvalue weighted by molar-refractivity contribution is 5.55. The largest absolute Gasteiger partial charge is 0.496 e. The van der Waals surface area contributed by atoms with Gasteiger partial charge in [0.05, 0.1) is 33.1 Å². The van der Waals surface area contributed by atoms with Crippen LogP contribution in [0.25, 0.3) is 11.3 Å². The van der Waals surface area contributed by atoms with Gasteiger partial charge in [-0.25, -0.2) is 4.98 Å². The van der Waals surface area contributed by atoms with Crippen LogP contribution in [0.4, 0.5) is 0 Å². The molecule has 0 bridgehead atoms. The standard InChI is InChI=1S/C21H22N2O4/c1-25-17-8-9-18(26-2)21-15(17)11-23(12-16(21)24)13-20-22-10-19(27-20)14-6-4-3-5-7-14/h3-10,16,24H,11-13H2,1-2H3/t16-/m0/s1. The Hall–Kier alpha value is -2.83. The van der Waals surface area contributed by atoms with Gasteiger partial charge in [-0.05, 0) is 12.1 Å². The Kier molecular flexibility index (Phi) is 4.83. The molecule has 0 aliphatic carbocycles. The molecule has 0 saturated carbocycles. The molecule has 0 saturated heterocycles. The third-order valence-electron chi connectivity index (χ3n) is 4.83. The Labute approximate surface area is 158 Å². The van der Waals surface area contributed by atoms with Crippen LogP contribution < -0.4 is 9.47 Å². The average Bonchev–Trinajstić information content (AvgIpc) is 3.16. The Morgan fingerprint density at radius 2 is 1.85 bits per heavy atom. The molecule has 1 aliphatic heterocycles. The number of ether oxygens (including phenoxy) is 2. The molecule has 4 rings (SSSR count). The molecule has 6 heteroatoms. The molecule has 2 aromatic carbocycles. The van der Waals surface area contributed by atoms with Crippen LogP contribution in [0.2, 0.25) is 0 Å². The number of methoxy groups -OCH3 is 2. The molecule has 140 valence electrons. The van der Waals surface area contributed by atoms with E-state index in [1.54, 1.807) is 20.4 Å². The molecular formula is C21H22N2O4. The van der Waals surface area contributed by atoms with E-state index in [1.807, 2.05) is 42.5 Å². The van der Waals surface area contributed by atoms with Gasteiger partial charge in [-0.15, -0.1) is 0 Å². The lowest BCUT2D eigenvalue weighted by molar-refractivity contribution is 0.0794. The van der Waals surface area contributed by atoms with Crippen LogP contribution in [0, 0.1) is 0 Å². The molecule has 0 radical (unpaired) electrons. The monoisotopic (exact) mass is 366 g/mol. The van der Waals surface area contributed by atoms with Gasteiger partial charge in [0.1, 0.15) is 11.5 Å². The zero-order valence-electron chi connectivity index (χ0n) is 15.4. The number of rotatable bonds is 5. The van der Waals surface area contributed by atoms with Gasteiger partial charge in [0.25, 0.3) is 0 Å². The molecule has 0 fully saturated rings. The van der Waals surface area contributed by atoms with Crippen molar-refractivity contribution in [3.63, 3.8) is 0 Å². The van der Waals surface area contributed by atoms with Crippen LogP contribution in [0.15, 0.2) is 53.1 Å². The highest BCUT2D eigenvalue weighted by atomic mass is 16.5. The summed E-state index contributed by atoms with van der Waals surface area (Å²) >= 11 is 0. The lowest BCUT2D eigenvalue weighted by atomic mass is 9.95. The van der Waals surface area contributed by atoms with E-state index in [9.17, 15) is 5.11 Å². The molecule has 3 aromatic rings. The zero-order chi connectivity index (χ0) is 18.8.